The van der Waals surface area contributed by atoms with Gasteiger partial charge in [-0.15, -0.1) is 22.7 Å². The largest absolute Gasteiger partial charge is 0.349 e. The molecular weight excluding hydrogens is 374 g/mol. The van der Waals surface area contributed by atoms with Gasteiger partial charge in [0.15, 0.2) is 0 Å². The maximum absolute atomic E-state index is 12.9. The number of piperazine rings is 1. The van der Waals surface area contributed by atoms with E-state index in [9.17, 15) is 4.79 Å². The fourth-order valence-corrected chi connectivity index (χ4v) is 6.95. The smallest absolute Gasteiger partial charge is 0.261 e. The maximum Gasteiger partial charge on any atom is 0.261 e. The van der Waals surface area contributed by atoms with Crippen LogP contribution in [-0.2, 0) is 6.42 Å². The average Bonchev–Trinajstić information content (AvgIpc) is 3.26. The fourth-order valence-electron chi connectivity index (χ4n) is 4.60. The highest BCUT2D eigenvalue weighted by Crippen LogP contribution is 2.35. The van der Waals surface area contributed by atoms with Crippen LogP contribution in [0.1, 0.15) is 53.6 Å². The summed E-state index contributed by atoms with van der Waals surface area (Å²) in [5.41, 5.74) is 0.166. The molecule has 2 aliphatic rings. The van der Waals surface area contributed by atoms with Crippen molar-refractivity contribution in [2.75, 3.05) is 39.8 Å². The molecule has 0 spiro atoms. The second kappa shape index (κ2) is 8.19. The van der Waals surface area contributed by atoms with Gasteiger partial charge in [-0.05, 0) is 38.4 Å². The van der Waals surface area contributed by atoms with Gasteiger partial charge in [-0.25, -0.2) is 0 Å². The highest BCUT2D eigenvalue weighted by Gasteiger charge is 2.39. The molecule has 0 unspecified atom stereocenters. The van der Waals surface area contributed by atoms with Gasteiger partial charge in [0.2, 0.25) is 0 Å². The number of nitrogens with zero attached hydrogens (tertiary/aromatic N) is 2. The molecule has 0 radical (unpaired) electrons. The first-order valence-corrected chi connectivity index (χ1v) is 12.0. The second-order valence-electron chi connectivity index (χ2n) is 8.18. The molecule has 0 bridgehead atoms. The highest BCUT2D eigenvalue weighted by atomic mass is 32.2. The van der Waals surface area contributed by atoms with Crippen LogP contribution in [-0.4, -0.2) is 61.0 Å². The van der Waals surface area contributed by atoms with E-state index in [1.54, 1.807) is 11.3 Å². The zero-order valence-electron chi connectivity index (χ0n) is 16.6. The Labute approximate surface area is 170 Å². The molecule has 2 aromatic heterocycles. The van der Waals surface area contributed by atoms with Crippen molar-refractivity contribution < 1.29 is 4.79 Å². The Balaban J connectivity index is 1.44. The standard InChI is InChI=1S/C21H31N3OS2/c1-3-17-13-16-14-18(27-20(16)26-17)19(25)22-15-21(7-5-4-6-8-21)24-11-9-23(2)10-12-24/h13-14H,3-12,15H2,1-2H3,(H,22,25). The lowest BCUT2D eigenvalue weighted by atomic mass is 9.79. The number of nitrogens with one attached hydrogen (secondary N) is 1. The normalized spacial score (nSPS) is 21.6. The minimum atomic E-state index is 0.112. The van der Waals surface area contributed by atoms with E-state index < -0.39 is 0 Å². The van der Waals surface area contributed by atoms with Crippen LogP contribution in [0.2, 0.25) is 0 Å². The molecule has 1 saturated heterocycles. The van der Waals surface area contributed by atoms with E-state index in [1.807, 2.05) is 11.3 Å². The van der Waals surface area contributed by atoms with Crippen molar-refractivity contribution in [1.82, 2.24) is 15.1 Å². The van der Waals surface area contributed by atoms with Gasteiger partial charge in [-0.1, -0.05) is 26.2 Å². The van der Waals surface area contributed by atoms with Crippen molar-refractivity contribution in [3.05, 3.63) is 21.9 Å². The van der Waals surface area contributed by atoms with Crippen LogP contribution in [0, 0.1) is 0 Å². The zero-order valence-corrected chi connectivity index (χ0v) is 18.2. The number of rotatable bonds is 5. The number of aryl methyl sites for hydroxylation is 1. The van der Waals surface area contributed by atoms with Gasteiger partial charge in [0, 0.05) is 48.5 Å². The summed E-state index contributed by atoms with van der Waals surface area (Å²) in [5.74, 6) is 0.112. The third kappa shape index (κ3) is 4.09. The number of hydrogen-bond acceptors (Lipinski definition) is 5. The monoisotopic (exact) mass is 405 g/mol. The van der Waals surface area contributed by atoms with Crippen LogP contribution in [0.4, 0.5) is 0 Å². The van der Waals surface area contributed by atoms with E-state index in [0.717, 1.165) is 44.0 Å². The zero-order chi connectivity index (χ0) is 18.9. The first-order valence-electron chi connectivity index (χ1n) is 10.3. The third-order valence-electron chi connectivity index (χ3n) is 6.37. The fraction of sp³-hybridized carbons (Fsp3) is 0.667. The van der Waals surface area contributed by atoms with E-state index >= 15 is 0 Å². The van der Waals surface area contributed by atoms with E-state index in [2.05, 4.69) is 41.2 Å². The molecule has 2 aromatic rings. The highest BCUT2D eigenvalue weighted by molar-refractivity contribution is 7.39. The number of thiophene rings is 2. The summed E-state index contributed by atoms with van der Waals surface area (Å²) in [4.78, 5) is 20.2. The van der Waals surface area contributed by atoms with Gasteiger partial charge in [0.1, 0.15) is 0 Å². The van der Waals surface area contributed by atoms with Gasteiger partial charge in [0.05, 0.1) is 8.89 Å². The summed E-state index contributed by atoms with van der Waals surface area (Å²) in [6.45, 7) is 7.50. The molecule has 0 aromatic carbocycles. The van der Waals surface area contributed by atoms with Crippen molar-refractivity contribution in [3.8, 4) is 0 Å². The second-order valence-corrected chi connectivity index (χ2v) is 10.6. The van der Waals surface area contributed by atoms with Gasteiger partial charge >= 0.3 is 0 Å². The van der Waals surface area contributed by atoms with Gasteiger partial charge in [0.25, 0.3) is 5.91 Å². The lowest BCUT2D eigenvalue weighted by Crippen LogP contribution is -2.61. The van der Waals surface area contributed by atoms with Crippen molar-refractivity contribution in [2.24, 2.45) is 0 Å². The maximum atomic E-state index is 12.9. The molecular formula is C21H31N3OS2. The molecule has 4 rings (SSSR count). The van der Waals surface area contributed by atoms with Crippen molar-refractivity contribution in [1.29, 1.82) is 0 Å². The Morgan fingerprint density at radius 1 is 1.11 bits per heavy atom. The Hall–Kier alpha value is -0.950. The van der Waals surface area contributed by atoms with Crippen LogP contribution < -0.4 is 5.32 Å². The minimum Gasteiger partial charge on any atom is -0.349 e. The third-order valence-corrected chi connectivity index (χ3v) is 8.91. The van der Waals surface area contributed by atoms with E-state index in [-0.39, 0.29) is 11.4 Å². The summed E-state index contributed by atoms with van der Waals surface area (Å²) < 4.78 is 1.28. The first-order chi connectivity index (χ1) is 13.1. The summed E-state index contributed by atoms with van der Waals surface area (Å²) >= 11 is 3.48. The number of carbonyl (C=O) groups excluding carboxylic acids is 1. The molecule has 2 fully saturated rings. The Morgan fingerprint density at radius 2 is 1.85 bits per heavy atom. The van der Waals surface area contributed by atoms with Crippen LogP contribution in [0.3, 0.4) is 0 Å². The molecule has 1 N–H and O–H groups in total. The Morgan fingerprint density at radius 3 is 2.52 bits per heavy atom. The SMILES string of the molecule is CCc1cc2cc(C(=O)NCC3(N4CCN(C)CC4)CCCCC3)sc2s1. The lowest BCUT2D eigenvalue weighted by molar-refractivity contribution is 0.0139. The number of fused-ring (bicyclic) bond motifs is 1. The molecule has 1 amide bonds. The van der Waals surface area contributed by atoms with E-state index in [1.165, 1.54) is 46.4 Å². The van der Waals surface area contributed by atoms with Gasteiger partial charge < -0.3 is 10.2 Å². The number of amides is 1. The van der Waals surface area contributed by atoms with Crippen LogP contribution in [0.15, 0.2) is 12.1 Å². The number of hydrogen-bond donors (Lipinski definition) is 1. The van der Waals surface area contributed by atoms with Gasteiger partial charge in [-0.2, -0.15) is 0 Å². The first kappa shape index (κ1) is 19.4. The molecule has 1 saturated carbocycles. The summed E-state index contributed by atoms with van der Waals surface area (Å²) in [6.07, 6.45) is 7.42. The topological polar surface area (TPSA) is 35.6 Å². The van der Waals surface area contributed by atoms with E-state index in [0.29, 0.717) is 0 Å². The molecule has 148 valence electrons. The molecule has 1 aliphatic heterocycles. The summed E-state index contributed by atoms with van der Waals surface area (Å²) in [7, 11) is 2.21. The molecule has 27 heavy (non-hydrogen) atoms. The number of likely N-dealkylation sites (N-methyl/N-ethyl adjacent to an activating group) is 1. The molecule has 0 atom stereocenters. The van der Waals surface area contributed by atoms with Crippen molar-refractivity contribution >= 4 is 38.0 Å². The Kier molecular flexibility index (Phi) is 5.88. The molecule has 4 nitrogen and oxygen atoms in total. The molecule has 6 heteroatoms. The molecule has 3 heterocycles. The van der Waals surface area contributed by atoms with Crippen molar-refractivity contribution in [3.63, 3.8) is 0 Å². The van der Waals surface area contributed by atoms with Crippen molar-refractivity contribution in [2.45, 2.75) is 51.0 Å². The summed E-state index contributed by atoms with van der Waals surface area (Å²) in [6, 6.07) is 4.31. The van der Waals surface area contributed by atoms with Crippen LogP contribution >= 0.6 is 22.7 Å². The summed E-state index contributed by atoms with van der Waals surface area (Å²) in [5, 5.41) is 4.55. The van der Waals surface area contributed by atoms with Crippen LogP contribution in [0.5, 0.6) is 0 Å². The van der Waals surface area contributed by atoms with E-state index in [4.69, 9.17) is 0 Å². The Bertz CT molecular complexity index is 751. The quantitative estimate of drug-likeness (QED) is 0.810. The number of carbonyl (C=O) groups is 1. The average molecular weight is 406 g/mol. The lowest BCUT2D eigenvalue weighted by Gasteiger charge is -2.49. The predicted octanol–water partition coefficient (Wildman–Crippen LogP) is 4.21. The predicted molar refractivity (Wildman–Crippen MR) is 116 cm³/mol. The minimum absolute atomic E-state index is 0.112. The van der Waals surface area contributed by atoms with Gasteiger partial charge in [-0.3, -0.25) is 9.69 Å². The molecule has 1 aliphatic carbocycles. The van der Waals surface area contributed by atoms with Crippen LogP contribution in [0.25, 0.3) is 9.40 Å².